The molecule has 4 rings (SSSR count). The van der Waals surface area contributed by atoms with E-state index in [0.29, 0.717) is 25.5 Å². The average Bonchev–Trinajstić information content (AvgIpc) is 2.85. The van der Waals surface area contributed by atoms with Crippen molar-refractivity contribution >= 4 is 21.6 Å². The quantitative estimate of drug-likeness (QED) is 0.689. The first-order valence-electron chi connectivity index (χ1n) is 11.0. The predicted octanol–water partition coefficient (Wildman–Crippen LogP) is 2.52. The summed E-state index contributed by atoms with van der Waals surface area (Å²) < 4.78 is 59.3. The fourth-order valence-corrected chi connectivity index (χ4v) is 5.70. The van der Waals surface area contributed by atoms with Gasteiger partial charge in [-0.2, -0.15) is 4.31 Å². The molecule has 0 aliphatic carbocycles. The summed E-state index contributed by atoms with van der Waals surface area (Å²) in [5.41, 5.74) is 2.10. The number of benzene rings is 2. The highest BCUT2D eigenvalue weighted by molar-refractivity contribution is 7.89. The van der Waals surface area contributed by atoms with Crippen LogP contribution in [0.3, 0.4) is 0 Å². The van der Waals surface area contributed by atoms with Crippen LogP contribution in [0.5, 0.6) is 0 Å². The summed E-state index contributed by atoms with van der Waals surface area (Å²) in [5.74, 6) is -2.28. The molecule has 0 saturated carbocycles. The van der Waals surface area contributed by atoms with Crippen molar-refractivity contribution in [3.05, 3.63) is 59.7 Å². The number of piperidine rings is 1. The van der Waals surface area contributed by atoms with Gasteiger partial charge in [-0.25, -0.2) is 17.2 Å². The molecule has 10 heteroatoms. The number of carbonyl (C=O) groups is 1. The van der Waals surface area contributed by atoms with Crippen molar-refractivity contribution < 1.29 is 26.7 Å². The Morgan fingerprint density at radius 1 is 1.00 bits per heavy atom. The number of amides is 1. The molecule has 0 unspecified atom stereocenters. The summed E-state index contributed by atoms with van der Waals surface area (Å²) in [6.07, 6.45) is 0.635. The van der Waals surface area contributed by atoms with E-state index in [1.165, 1.54) is 0 Å². The van der Waals surface area contributed by atoms with Gasteiger partial charge in [0.1, 0.15) is 16.5 Å². The van der Waals surface area contributed by atoms with Crippen LogP contribution >= 0.6 is 0 Å². The summed E-state index contributed by atoms with van der Waals surface area (Å²) in [7, 11) is -4.16. The van der Waals surface area contributed by atoms with Gasteiger partial charge in [0.05, 0.1) is 13.2 Å². The Morgan fingerprint density at radius 3 is 2.33 bits per heavy atom. The highest BCUT2D eigenvalue weighted by Gasteiger charge is 2.33. The first-order chi connectivity index (χ1) is 15.8. The van der Waals surface area contributed by atoms with Gasteiger partial charge in [-0.05, 0) is 48.7 Å². The number of hydrogen-bond donors (Lipinski definition) is 1. The lowest BCUT2D eigenvalue weighted by atomic mass is 9.97. The van der Waals surface area contributed by atoms with Crippen LogP contribution in [-0.2, 0) is 26.1 Å². The molecule has 2 fully saturated rings. The molecule has 33 heavy (non-hydrogen) atoms. The van der Waals surface area contributed by atoms with E-state index in [4.69, 9.17) is 4.74 Å². The Kier molecular flexibility index (Phi) is 7.26. The normalized spacial score (nSPS) is 18.3. The van der Waals surface area contributed by atoms with E-state index in [0.717, 1.165) is 54.0 Å². The number of nitrogens with zero attached hydrogens (tertiary/aromatic N) is 2. The number of ether oxygens (including phenoxy) is 1. The average molecular weight is 480 g/mol. The standard InChI is InChI=1S/C23H27F2N3O4S/c24-19-3-6-21(25)22(15-19)33(30,31)28-9-7-18(8-10-28)23(29)26-16-17-1-4-20(5-2-17)27-11-13-32-14-12-27/h1-6,15,18H,7-14,16H2,(H,26,29). The molecule has 178 valence electrons. The van der Waals surface area contributed by atoms with Crippen molar-refractivity contribution in [3.63, 3.8) is 0 Å². The van der Waals surface area contributed by atoms with Gasteiger partial charge >= 0.3 is 0 Å². The molecule has 0 bridgehead atoms. The summed E-state index contributed by atoms with van der Waals surface area (Å²) in [5, 5.41) is 2.92. The molecule has 2 aromatic carbocycles. The summed E-state index contributed by atoms with van der Waals surface area (Å²) in [6, 6.07) is 10.4. The molecular formula is C23H27F2N3O4S. The van der Waals surface area contributed by atoms with E-state index in [2.05, 4.69) is 10.2 Å². The molecule has 1 amide bonds. The van der Waals surface area contributed by atoms with E-state index in [1.54, 1.807) is 0 Å². The lowest BCUT2D eigenvalue weighted by Crippen LogP contribution is -2.43. The van der Waals surface area contributed by atoms with Gasteiger partial charge in [0, 0.05) is 44.3 Å². The van der Waals surface area contributed by atoms with Crippen molar-refractivity contribution in [1.29, 1.82) is 0 Å². The number of rotatable bonds is 6. The zero-order valence-corrected chi connectivity index (χ0v) is 19.0. The van der Waals surface area contributed by atoms with Gasteiger partial charge in [0.2, 0.25) is 15.9 Å². The molecule has 2 saturated heterocycles. The van der Waals surface area contributed by atoms with Crippen LogP contribution in [0.4, 0.5) is 14.5 Å². The maximum Gasteiger partial charge on any atom is 0.246 e. The number of hydrogen-bond acceptors (Lipinski definition) is 5. The molecule has 1 N–H and O–H groups in total. The molecule has 2 aromatic rings. The second-order valence-electron chi connectivity index (χ2n) is 8.24. The molecule has 0 aromatic heterocycles. The molecular weight excluding hydrogens is 452 g/mol. The minimum absolute atomic E-state index is 0.0740. The van der Waals surface area contributed by atoms with Crippen LogP contribution < -0.4 is 10.2 Å². The van der Waals surface area contributed by atoms with Crippen LogP contribution in [0, 0.1) is 17.6 Å². The van der Waals surface area contributed by atoms with Crippen molar-refractivity contribution in [2.75, 3.05) is 44.3 Å². The maximum absolute atomic E-state index is 14.0. The topological polar surface area (TPSA) is 79.0 Å². The highest BCUT2D eigenvalue weighted by atomic mass is 32.2. The Morgan fingerprint density at radius 2 is 1.67 bits per heavy atom. The minimum Gasteiger partial charge on any atom is -0.378 e. The SMILES string of the molecule is O=C(NCc1ccc(N2CCOCC2)cc1)C1CCN(S(=O)(=O)c2cc(F)ccc2F)CC1. The van der Waals surface area contributed by atoms with Crippen LogP contribution in [0.25, 0.3) is 0 Å². The van der Waals surface area contributed by atoms with Gasteiger partial charge in [0.25, 0.3) is 0 Å². The Bertz CT molecular complexity index is 1080. The third-order valence-corrected chi connectivity index (χ3v) is 8.03. The largest absolute Gasteiger partial charge is 0.378 e. The van der Waals surface area contributed by atoms with E-state index in [-0.39, 0.29) is 24.9 Å². The lowest BCUT2D eigenvalue weighted by molar-refractivity contribution is -0.126. The van der Waals surface area contributed by atoms with Gasteiger partial charge in [-0.1, -0.05) is 12.1 Å². The van der Waals surface area contributed by atoms with Crippen molar-refractivity contribution in [3.8, 4) is 0 Å². The monoisotopic (exact) mass is 479 g/mol. The van der Waals surface area contributed by atoms with Gasteiger partial charge in [0.15, 0.2) is 0 Å². The number of nitrogens with one attached hydrogen (secondary N) is 1. The van der Waals surface area contributed by atoms with Crippen molar-refractivity contribution in [2.24, 2.45) is 5.92 Å². The van der Waals surface area contributed by atoms with Gasteiger partial charge < -0.3 is 15.0 Å². The van der Waals surface area contributed by atoms with E-state index < -0.39 is 26.6 Å². The molecule has 2 heterocycles. The predicted molar refractivity (Wildman–Crippen MR) is 119 cm³/mol. The van der Waals surface area contributed by atoms with E-state index in [1.807, 2.05) is 24.3 Å². The maximum atomic E-state index is 14.0. The van der Waals surface area contributed by atoms with E-state index >= 15 is 0 Å². The van der Waals surface area contributed by atoms with Gasteiger partial charge in [-0.3, -0.25) is 4.79 Å². The smallest absolute Gasteiger partial charge is 0.246 e. The number of sulfonamides is 1. The van der Waals surface area contributed by atoms with Crippen molar-refractivity contribution in [1.82, 2.24) is 9.62 Å². The second-order valence-corrected chi connectivity index (χ2v) is 10.1. The summed E-state index contributed by atoms with van der Waals surface area (Å²) in [4.78, 5) is 14.2. The molecule has 0 spiro atoms. The Labute approximate surface area is 192 Å². The van der Waals surface area contributed by atoms with Crippen LogP contribution in [0.2, 0.25) is 0 Å². The first-order valence-corrected chi connectivity index (χ1v) is 12.4. The summed E-state index contributed by atoms with van der Waals surface area (Å²) in [6.45, 7) is 3.68. The Hall–Kier alpha value is -2.56. The molecule has 2 aliphatic rings. The Balaban J connectivity index is 1.28. The number of halogens is 2. The minimum atomic E-state index is -4.16. The highest BCUT2D eigenvalue weighted by Crippen LogP contribution is 2.26. The van der Waals surface area contributed by atoms with E-state index in [9.17, 15) is 22.0 Å². The van der Waals surface area contributed by atoms with Crippen LogP contribution in [0.15, 0.2) is 47.4 Å². The molecule has 7 nitrogen and oxygen atoms in total. The molecule has 0 radical (unpaired) electrons. The fraction of sp³-hybridized carbons (Fsp3) is 0.435. The first kappa shape index (κ1) is 23.6. The fourth-order valence-electron chi connectivity index (χ4n) is 4.15. The molecule has 2 aliphatic heterocycles. The third-order valence-electron chi connectivity index (χ3n) is 6.12. The van der Waals surface area contributed by atoms with Crippen molar-refractivity contribution in [2.45, 2.75) is 24.3 Å². The van der Waals surface area contributed by atoms with Gasteiger partial charge in [-0.15, -0.1) is 0 Å². The lowest BCUT2D eigenvalue weighted by Gasteiger charge is -2.30. The zero-order valence-electron chi connectivity index (χ0n) is 18.2. The third kappa shape index (κ3) is 5.51. The molecule has 0 atom stereocenters. The zero-order chi connectivity index (χ0) is 23.4. The van der Waals surface area contributed by atoms with Crippen LogP contribution in [0.1, 0.15) is 18.4 Å². The number of anilines is 1. The summed E-state index contributed by atoms with van der Waals surface area (Å²) >= 11 is 0. The number of carbonyl (C=O) groups excluding carboxylic acids is 1. The van der Waals surface area contributed by atoms with Crippen LogP contribution in [-0.4, -0.2) is 58.0 Å². The number of morpholine rings is 1. The second kappa shape index (κ2) is 10.1.